The largest absolute Gasteiger partial charge is 0.464 e. The van der Waals surface area contributed by atoms with Crippen LogP contribution in [-0.2, 0) is 10.2 Å². The molecule has 20 heavy (non-hydrogen) atoms. The molecule has 0 spiro atoms. The Morgan fingerprint density at radius 2 is 2.00 bits per heavy atom. The molecule has 4 nitrogen and oxygen atoms in total. The van der Waals surface area contributed by atoms with Gasteiger partial charge >= 0.3 is 5.97 Å². The fourth-order valence-corrected chi connectivity index (χ4v) is 1.92. The predicted octanol–water partition coefficient (Wildman–Crippen LogP) is 3.10. The van der Waals surface area contributed by atoms with Crippen molar-refractivity contribution in [2.24, 2.45) is 0 Å². The molecule has 0 radical (unpaired) electrons. The average molecular weight is 276 g/mol. The molecule has 0 aliphatic carbocycles. The van der Waals surface area contributed by atoms with Crippen LogP contribution in [-0.4, -0.2) is 22.9 Å². The minimum atomic E-state index is -0.509. The summed E-state index contributed by atoms with van der Waals surface area (Å²) in [5, 5.41) is 4.23. The highest BCUT2D eigenvalue weighted by Crippen LogP contribution is 2.26. The summed E-state index contributed by atoms with van der Waals surface area (Å²) < 4.78 is 19.6. The maximum absolute atomic E-state index is 13.4. The molecule has 0 saturated heterocycles. The minimum absolute atomic E-state index is 0.210. The molecule has 5 heteroatoms. The van der Waals surface area contributed by atoms with Gasteiger partial charge in [0.05, 0.1) is 18.5 Å². The molecule has 0 atom stereocenters. The maximum atomic E-state index is 13.4. The van der Waals surface area contributed by atoms with Crippen LogP contribution in [0.15, 0.2) is 30.3 Å². The predicted molar refractivity (Wildman–Crippen MR) is 73.6 cm³/mol. The van der Waals surface area contributed by atoms with Crippen LogP contribution in [0.3, 0.4) is 0 Å². The smallest absolute Gasteiger partial charge is 0.358 e. The first-order valence-electron chi connectivity index (χ1n) is 6.28. The lowest BCUT2D eigenvalue weighted by atomic mass is 9.91. The molecular formula is C15H17FN2O2. The molecule has 2 rings (SSSR count). The molecule has 106 valence electrons. The van der Waals surface area contributed by atoms with E-state index in [9.17, 15) is 9.18 Å². The third-order valence-corrected chi connectivity index (χ3v) is 2.93. The molecule has 0 N–H and O–H groups in total. The number of aromatic nitrogens is 2. The number of methoxy groups -OCH3 is 1. The number of nitrogens with zero attached hydrogens (tertiary/aromatic N) is 2. The van der Waals surface area contributed by atoms with E-state index in [0.717, 1.165) is 5.69 Å². The Hall–Kier alpha value is -2.17. The standard InChI is InChI=1S/C15H17FN2O2/c1-15(2,3)13-9-12(14(19)20-4)17-18(13)11-7-5-6-10(16)8-11/h5-9H,1-4H3. The first kappa shape index (κ1) is 14.2. The van der Waals surface area contributed by atoms with Gasteiger partial charge in [-0.2, -0.15) is 5.10 Å². The molecular weight excluding hydrogens is 259 g/mol. The zero-order valence-corrected chi connectivity index (χ0v) is 12.0. The Morgan fingerprint density at radius 1 is 1.30 bits per heavy atom. The van der Waals surface area contributed by atoms with Crippen LogP contribution in [0, 0.1) is 5.82 Å². The van der Waals surface area contributed by atoms with Crippen molar-refractivity contribution < 1.29 is 13.9 Å². The Kier molecular flexibility index (Phi) is 3.61. The van der Waals surface area contributed by atoms with Crippen LogP contribution in [0.4, 0.5) is 4.39 Å². The second-order valence-corrected chi connectivity index (χ2v) is 5.55. The van der Waals surface area contributed by atoms with E-state index in [4.69, 9.17) is 0 Å². The van der Waals surface area contributed by atoms with E-state index in [2.05, 4.69) is 9.84 Å². The second-order valence-electron chi connectivity index (χ2n) is 5.55. The van der Waals surface area contributed by atoms with E-state index in [1.54, 1.807) is 22.9 Å². The highest BCUT2D eigenvalue weighted by atomic mass is 19.1. The Morgan fingerprint density at radius 3 is 2.55 bits per heavy atom. The number of carbonyl (C=O) groups is 1. The summed E-state index contributed by atoms with van der Waals surface area (Å²) in [6.07, 6.45) is 0. The molecule has 0 aliphatic heterocycles. The van der Waals surface area contributed by atoms with Gasteiger partial charge in [-0.15, -0.1) is 0 Å². The van der Waals surface area contributed by atoms with Gasteiger partial charge < -0.3 is 4.74 Å². The number of benzene rings is 1. The Bertz CT molecular complexity index is 642. The zero-order chi connectivity index (χ0) is 14.9. The van der Waals surface area contributed by atoms with Crippen LogP contribution >= 0.6 is 0 Å². The van der Waals surface area contributed by atoms with E-state index >= 15 is 0 Å². The summed E-state index contributed by atoms with van der Waals surface area (Å²) in [5.74, 6) is -0.858. The van der Waals surface area contributed by atoms with Gasteiger partial charge in [-0.25, -0.2) is 13.9 Å². The van der Waals surface area contributed by atoms with Crippen molar-refractivity contribution in [2.75, 3.05) is 7.11 Å². The SMILES string of the molecule is COC(=O)c1cc(C(C)(C)C)n(-c2cccc(F)c2)n1. The normalized spacial score (nSPS) is 11.4. The molecule has 0 unspecified atom stereocenters. The quantitative estimate of drug-likeness (QED) is 0.792. The van der Waals surface area contributed by atoms with Crippen molar-refractivity contribution in [3.63, 3.8) is 0 Å². The monoisotopic (exact) mass is 276 g/mol. The van der Waals surface area contributed by atoms with Gasteiger partial charge in [-0.1, -0.05) is 26.8 Å². The summed E-state index contributed by atoms with van der Waals surface area (Å²) in [4.78, 5) is 11.6. The number of halogens is 1. The fraction of sp³-hybridized carbons (Fsp3) is 0.333. The lowest BCUT2D eigenvalue weighted by Gasteiger charge is -2.20. The second kappa shape index (κ2) is 5.07. The van der Waals surface area contributed by atoms with Gasteiger partial charge in [0.15, 0.2) is 5.69 Å². The fourth-order valence-electron chi connectivity index (χ4n) is 1.92. The maximum Gasteiger partial charge on any atom is 0.358 e. The highest BCUT2D eigenvalue weighted by molar-refractivity contribution is 5.87. The van der Waals surface area contributed by atoms with Crippen molar-refractivity contribution >= 4 is 5.97 Å². The number of hydrogen-bond donors (Lipinski definition) is 0. The number of carbonyl (C=O) groups excluding carboxylic acids is 1. The number of hydrogen-bond acceptors (Lipinski definition) is 3. The molecule has 0 bridgehead atoms. The summed E-state index contributed by atoms with van der Waals surface area (Å²) in [6, 6.07) is 7.77. The van der Waals surface area contributed by atoms with Gasteiger partial charge in [0.2, 0.25) is 0 Å². The first-order chi connectivity index (χ1) is 9.32. The Labute approximate surface area is 117 Å². The van der Waals surface area contributed by atoms with Crippen molar-refractivity contribution in [1.82, 2.24) is 9.78 Å². The Balaban J connectivity index is 2.62. The van der Waals surface area contributed by atoms with Crippen molar-refractivity contribution in [3.8, 4) is 5.69 Å². The molecule has 0 amide bonds. The van der Waals surface area contributed by atoms with Crippen LogP contribution in [0.5, 0.6) is 0 Å². The summed E-state index contributed by atoms with van der Waals surface area (Å²) in [7, 11) is 1.31. The van der Waals surface area contributed by atoms with Gasteiger partial charge in [-0.05, 0) is 24.3 Å². The van der Waals surface area contributed by atoms with E-state index in [1.807, 2.05) is 20.8 Å². The van der Waals surface area contributed by atoms with Crippen LogP contribution in [0.1, 0.15) is 37.0 Å². The summed E-state index contributed by atoms with van der Waals surface area (Å²) in [5.41, 5.74) is 1.35. The molecule has 2 aromatic rings. The van der Waals surface area contributed by atoms with E-state index in [1.165, 1.54) is 19.2 Å². The molecule has 0 fully saturated rings. The number of ether oxygens (including phenoxy) is 1. The van der Waals surface area contributed by atoms with Crippen molar-refractivity contribution in [2.45, 2.75) is 26.2 Å². The lowest BCUT2D eigenvalue weighted by Crippen LogP contribution is -2.17. The average Bonchev–Trinajstić information content (AvgIpc) is 2.82. The molecule has 1 aromatic carbocycles. The topological polar surface area (TPSA) is 44.1 Å². The lowest BCUT2D eigenvalue weighted by molar-refractivity contribution is 0.0593. The zero-order valence-electron chi connectivity index (χ0n) is 12.0. The first-order valence-corrected chi connectivity index (χ1v) is 6.28. The van der Waals surface area contributed by atoms with E-state index in [0.29, 0.717) is 5.69 Å². The van der Waals surface area contributed by atoms with Gasteiger partial charge in [-0.3, -0.25) is 0 Å². The minimum Gasteiger partial charge on any atom is -0.464 e. The molecule has 1 heterocycles. The van der Waals surface area contributed by atoms with Crippen molar-refractivity contribution in [1.29, 1.82) is 0 Å². The summed E-state index contributed by atoms with van der Waals surface area (Å²) in [6.45, 7) is 6.00. The highest BCUT2D eigenvalue weighted by Gasteiger charge is 2.24. The van der Waals surface area contributed by atoms with E-state index in [-0.39, 0.29) is 16.9 Å². The molecule has 0 saturated carbocycles. The molecule has 1 aromatic heterocycles. The number of esters is 1. The van der Waals surface area contributed by atoms with Crippen LogP contribution < -0.4 is 0 Å². The van der Waals surface area contributed by atoms with Crippen LogP contribution in [0.25, 0.3) is 5.69 Å². The van der Waals surface area contributed by atoms with Crippen molar-refractivity contribution in [3.05, 3.63) is 47.5 Å². The van der Waals surface area contributed by atoms with Gasteiger partial charge in [0.25, 0.3) is 0 Å². The number of rotatable bonds is 2. The van der Waals surface area contributed by atoms with E-state index < -0.39 is 5.97 Å². The van der Waals surface area contributed by atoms with Crippen LogP contribution in [0.2, 0.25) is 0 Å². The third kappa shape index (κ3) is 2.71. The summed E-state index contributed by atoms with van der Waals surface area (Å²) >= 11 is 0. The third-order valence-electron chi connectivity index (χ3n) is 2.93. The van der Waals surface area contributed by atoms with Gasteiger partial charge in [0.1, 0.15) is 5.82 Å². The van der Waals surface area contributed by atoms with Gasteiger partial charge in [0, 0.05) is 5.41 Å². The molecule has 0 aliphatic rings.